The second-order valence-electron chi connectivity index (χ2n) is 6.50. The van der Waals surface area contributed by atoms with E-state index in [0.717, 1.165) is 11.3 Å². The van der Waals surface area contributed by atoms with E-state index in [1.165, 1.54) is 0 Å². The summed E-state index contributed by atoms with van der Waals surface area (Å²) in [4.78, 5) is 12.2. The molecule has 3 rings (SSSR count). The topological polar surface area (TPSA) is 50.4 Å². The third kappa shape index (κ3) is 3.74. The van der Waals surface area contributed by atoms with Crippen LogP contribution in [0.3, 0.4) is 0 Å². The Labute approximate surface area is 134 Å². The van der Waals surface area contributed by atoms with Crippen molar-refractivity contribution in [1.29, 1.82) is 0 Å². The average Bonchev–Trinajstić information content (AvgIpc) is 2.90. The molecule has 1 aromatic carbocycles. The van der Waals surface area contributed by atoms with E-state index in [-0.39, 0.29) is 36.9 Å². The lowest BCUT2D eigenvalue weighted by molar-refractivity contribution is -0.0484. The molecule has 2 atom stereocenters. The number of halogens is 2. The largest absolute Gasteiger partial charge is 0.491 e. The van der Waals surface area contributed by atoms with Gasteiger partial charge in [0.1, 0.15) is 12.4 Å². The van der Waals surface area contributed by atoms with Crippen molar-refractivity contribution in [2.45, 2.75) is 50.6 Å². The maximum Gasteiger partial charge on any atom is 0.315 e. The zero-order valence-corrected chi connectivity index (χ0v) is 13.1. The van der Waals surface area contributed by atoms with E-state index in [1.54, 1.807) is 0 Å². The van der Waals surface area contributed by atoms with Crippen LogP contribution in [0, 0.1) is 5.92 Å². The first-order valence-electron chi connectivity index (χ1n) is 8.11. The third-order valence-electron chi connectivity index (χ3n) is 4.83. The van der Waals surface area contributed by atoms with E-state index in [0.29, 0.717) is 19.4 Å². The van der Waals surface area contributed by atoms with Crippen molar-refractivity contribution in [1.82, 2.24) is 10.6 Å². The van der Waals surface area contributed by atoms with E-state index < -0.39 is 5.92 Å². The highest BCUT2D eigenvalue weighted by atomic mass is 19.3. The number of benzene rings is 1. The number of rotatable bonds is 3. The van der Waals surface area contributed by atoms with Crippen molar-refractivity contribution < 1.29 is 18.3 Å². The quantitative estimate of drug-likeness (QED) is 0.892. The fourth-order valence-corrected chi connectivity index (χ4v) is 3.37. The first-order chi connectivity index (χ1) is 10.9. The van der Waals surface area contributed by atoms with Crippen molar-refractivity contribution in [2.75, 3.05) is 6.61 Å². The molecule has 0 saturated heterocycles. The molecule has 0 spiro atoms. The van der Waals surface area contributed by atoms with E-state index in [2.05, 4.69) is 10.6 Å². The Balaban J connectivity index is 1.50. The van der Waals surface area contributed by atoms with Crippen LogP contribution >= 0.6 is 0 Å². The van der Waals surface area contributed by atoms with Gasteiger partial charge in [0.05, 0.1) is 6.04 Å². The molecule has 1 aromatic rings. The van der Waals surface area contributed by atoms with E-state index in [4.69, 9.17) is 4.74 Å². The Morgan fingerprint density at radius 3 is 2.74 bits per heavy atom. The first kappa shape index (κ1) is 16.0. The summed E-state index contributed by atoms with van der Waals surface area (Å²) in [5, 5.41) is 5.78. The van der Waals surface area contributed by atoms with Gasteiger partial charge in [-0.2, -0.15) is 0 Å². The molecule has 1 heterocycles. The summed E-state index contributed by atoms with van der Waals surface area (Å²) in [6.45, 7) is 2.30. The fraction of sp³-hybridized carbons (Fsp3) is 0.588. The second kappa shape index (κ2) is 6.34. The Bertz CT molecular complexity index is 569. The summed E-state index contributed by atoms with van der Waals surface area (Å²) < 4.78 is 31.9. The zero-order valence-electron chi connectivity index (χ0n) is 13.1. The van der Waals surface area contributed by atoms with Gasteiger partial charge in [0.25, 0.3) is 0 Å². The molecule has 126 valence electrons. The molecule has 1 saturated carbocycles. The van der Waals surface area contributed by atoms with Crippen molar-refractivity contribution >= 4 is 6.03 Å². The number of hydrogen-bond donors (Lipinski definition) is 2. The summed E-state index contributed by atoms with van der Waals surface area (Å²) in [6, 6.07) is 7.03. The molecule has 2 unspecified atom stereocenters. The number of carbonyl (C=O) groups excluding carboxylic acids is 1. The standard InChI is InChI=1S/C17H22F2N2O2/c1-11(12-6-8-17(18,19)9-7-12)20-16(22)21-14-10-23-15-5-3-2-4-13(14)15/h2-5,11-12,14H,6-10H2,1H3,(H2,20,21,22). The molecular formula is C17H22F2N2O2. The molecule has 2 aliphatic rings. The van der Waals surface area contributed by atoms with Crippen LogP contribution in [0.25, 0.3) is 0 Å². The molecule has 1 aliphatic carbocycles. The molecule has 23 heavy (non-hydrogen) atoms. The SMILES string of the molecule is CC(NC(=O)NC1COc2ccccc21)C1CCC(F)(F)CC1. The predicted molar refractivity (Wildman–Crippen MR) is 82.7 cm³/mol. The van der Waals surface area contributed by atoms with E-state index >= 15 is 0 Å². The number of hydrogen-bond acceptors (Lipinski definition) is 2. The van der Waals surface area contributed by atoms with Gasteiger partial charge in [-0.15, -0.1) is 0 Å². The lowest BCUT2D eigenvalue weighted by Crippen LogP contribution is -2.46. The third-order valence-corrected chi connectivity index (χ3v) is 4.83. The Morgan fingerprint density at radius 2 is 2.00 bits per heavy atom. The number of fused-ring (bicyclic) bond motifs is 1. The highest BCUT2D eigenvalue weighted by Gasteiger charge is 2.37. The monoisotopic (exact) mass is 324 g/mol. The van der Waals surface area contributed by atoms with Crippen LogP contribution in [0.5, 0.6) is 5.75 Å². The lowest BCUT2D eigenvalue weighted by Gasteiger charge is -2.32. The van der Waals surface area contributed by atoms with Crippen LogP contribution in [0.15, 0.2) is 24.3 Å². The van der Waals surface area contributed by atoms with Crippen molar-refractivity contribution in [3.05, 3.63) is 29.8 Å². The normalized spacial score (nSPS) is 24.4. The molecule has 2 N–H and O–H groups in total. The van der Waals surface area contributed by atoms with Gasteiger partial charge in [-0.1, -0.05) is 18.2 Å². The number of carbonyl (C=O) groups is 1. The molecule has 0 bridgehead atoms. The number of amides is 2. The average molecular weight is 324 g/mol. The summed E-state index contributed by atoms with van der Waals surface area (Å²) >= 11 is 0. The number of para-hydroxylation sites is 1. The van der Waals surface area contributed by atoms with Gasteiger partial charge in [-0.25, -0.2) is 13.6 Å². The van der Waals surface area contributed by atoms with E-state index in [9.17, 15) is 13.6 Å². The van der Waals surface area contributed by atoms with Gasteiger partial charge in [-0.05, 0) is 31.7 Å². The fourth-order valence-electron chi connectivity index (χ4n) is 3.37. The van der Waals surface area contributed by atoms with Gasteiger partial charge < -0.3 is 15.4 Å². The van der Waals surface area contributed by atoms with Crippen molar-refractivity contribution in [3.63, 3.8) is 0 Å². The molecular weight excluding hydrogens is 302 g/mol. The van der Waals surface area contributed by atoms with E-state index in [1.807, 2.05) is 31.2 Å². The van der Waals surface area contributed by atoms with Crippen LogP contribution < -0.4 is 15.4 Å². The lowest BCUT2D eigenvalue weighted by atomic mass is 9.82. The number of alkyl halides is 2. The molecule has 0 aromatic heterocycles. The van der Waals surface area contributed by atoms with Crippen molar-refractivity contribution in [2.24, 2.45) is 5.92 Å². The summed E-state index contributed by atoms with van der Waals surface area (Å²) in [5.41, 5.74) is 0.965. The van der Waals surface area contributed by atoms with Gasteiger partial charge >= 0.3 is 6.03 Å². The molecule has 1 fully saturated rings. The number of urea groups is 1. The summed E-state index contributed by atoms with van der Waals surface area (Å²) in [6.07, 6.45) is 0.720. The van der Waals surface area contributed by atoms with Crippen LogP contribution in [-0.4, -0.2) is 24.6 Å². The summed E-state index contributed by atoms with van der Waals surface area (Å²) in [5.74, 6) is -1.64. The maximum atomic E-state index is 13.2. The van der Waals surface area contributed by atoms with Crippen LogP contribution in [-0.2, 0) is 0 Å². The number of ether oxygens (including phenoxy) is 1. The Hall–Kier alpha value is -1.85. The molecule has 6 heteroatoms. The molecule has 2 amide bonds. The first-order valence-corrected chi connectivity index (χ1v) is 8.11. The van der Waals surface area contributed by atoms with Crippen LogP contribution in [0.4, 0.5) is 13.6 Å². The van der Waals surface area contributed by atoms with Gasteiger partial charge in [0, 0.05) is 24.4 Å². The predicted octanol–water partition coefficient (Wildman–Crippen LogP) is 3.63. The minimum atomic E-state index is -2.54. The van der Waals surface area contributed by atoms with Gasteiger partial charge in [0.15, 0.2) is 0 Å². The van der Waals surface area contributed by atoms with Crippen LogP contribution in [0.1, 0.15) is 44.2 Å². The van der Waals surface area contributed by atoms with Gasteiger partial charge in [0.2, 0.25) is 5.92 Å². The summed E-state index contributed by atoms with van der Waals surface area (Å²) in [7, 11) is 0. The molecule has 1 aliphatic heterocycles. The molecule has 4 nitrogen and oxygen atoms in total. The highest BCUT2D eigenvalue weighted by molar-refractivity contribution is 5.75. The second-order valence-corrected chi connectivity index (χ2v) is 6.50. The highest BCUT2D eigenvalue weighted by Crippen LogP contribution is 2.37. The van der Waals surface area contributed by atoms with Crippen molar-refractivity contribution in [3.8, 4) is 5.75 Å². The Kier molecular flexibility index (Phi) is 4.41. The minimum absolute atomic E-state index is 0.0881. The Morgan fingerprint density at radius 1 is 1.30 bits per heavy atom. The maximum absolute atomic E-state index is 13.2. The minimum Gasteiger partial charge on any atom is -0.491 e. The number of nitrogens with one attached hydrogen (secondary N) is 2. The molecule has 0 radical (unpaired) electrons. The van der Waals surface area contributed by atoms with Crippen LogP contribution in [0.2, 0.25) is 0 Å². The van der Waals surface area contributed by atoms with Gasteiger partial charge in [-0.3, -0.25) is 0 Å². The zero-order chi connectivity index (χ0) is 16.4. The smallest absolute Gasteiger partial charge is 0.315 e.